The topological polar surface area (TPSA) is 47.6 Å². The van der Waals surface area contributed by atoms with Crippen LogP contribution in [0.2, 0.25) is 0 Å². The third-order valence-corrected chi connectivity index (χ3v) is 3.16. The summed E-state index contributed by atoms with van der Waals surface area (Å²) in [5, 5.41) is 2.89. The lowest BCUT2D eigenvalue weighted by Gasteiger charge is -2.12. The first-order chi connectivity index (χ1) is 8.17. The average molecular weight is 251 g/mol. The van der Waals surface area contributed by atoms with Crippen LogP contribution in [0, 0.1) is 0 Å². The highest BCUT2D eigenvalue weighted by molar-refractivity contribution is 7.82. The van der Waals surface area contributed by atoms with E-state index < -0.39 is 0 Å². The zero-order chi connectivity index (χ0) is 12.4. The lowest BCUT2D eigenvalue weighted by atomic mass is 9.97. The van der Waals surface area contributed by atoms with E-state index in [-0.39, 0.29) is 11.7 Å². The van der Waals surface area contributed by atoms with Crippen LogP contribution in [0.25, 0.3) is 0 Å². The van der Waals surface area contributed by atoms with E-state index in [1.807, 2.05) is 12.1 Å². The molecular formula is C12H13NO3S. The van der Waals surface area contributed by atoms with E-state index in [9.17, 15) is 4.79 Å². The van der Waals surface area contributed by atoms with Crippen molar-refractivity contribution in [3.8, 4) is 11.5 Å². The van der Waals surface area contributed by atoms with Crippen molar-refractivity contribution >= 4 is 23.0 Å². The Bertz CT molecular complexity index is 473. The molecule has 0 bridgehead atoms. The number of carbonyl (C=O) groups is 1. The van der Waals surface area contributed by atoms with Crippen LogP contribution in [0.1, 0.15) is 11.5 Å². The van der Waals surface area contributed by atoms with Gasteiger partial charge in [0.25, 0.3) is 0 Å². The fraction of sp³-hybridized carbons (Fsp3) is 0.333. The number of methoxy groups -OCH3 is 2. The summed E-state index contributed by atoms with van der Waals surface area (Å²) in [6.45, 7) is 0.549. The lowest BCUT2D eigenvalue weighted by Crippen LogP contribution is -2.16. The van der Waals surface area contributed by atoms with Crippen LogP contribution in [-0.4, -0.2) is 31.5 Å². The highest BCUT2D eigenvalue weighted by atomic mass is 32.1. The minimum Gasteiger partial charge on any atom is -0.493 e. The summed E-state index contributed by atoms with van der Waals surface area (Å²) < 4.78 is 10.4. The number of benzene rings is 1. The molecule has 1 fully saturated rings. The van der Waals surface area contributed by atoms with Gasteiger partial charge in [-0.1, -0.05) is 18.3 Å². The van der Waals surface area contributed by atoms with Gasteiger partial charge in [-0.2, -0.15) is 0 Å². The molecule has 5 heteroatoms. The fourth-order valence-corrected chi connectivity index (χ4v) is 2.10. The molecule has 0 aromatic heterocycles. The summed E-state index contributed by atoms with van der Waals surface area (Å²) in [6, 6.07) is 5.47. The maximum Gasteiger partial charge on any atom is 0.198 e. The van der Waals surface area contributed by atoms with Crippen LogP contribution >= 0.6 is 12.2 Å². The number of hydrogen-bond donors (Lipinski definition) is 1. The maximum atomic E-state index is 11.8. The van der Waals surface area contributed by atoms with Gasteiger partial charge in [0.2, 0.25) is 0 Å². The zero-order valence-electron chi connectivity index (χ0n) is 9.65. The summed E-state index contributed by atoms with van der Waals surface area (Å²) in [6.07, 6.45) is 0. The molecule has 1 atom stereocenters. The van der Waals surface area contributed by atoms with Gasteiger partial charge in [0.15, 0.2) is 17.3 Å². The van der Waals surface area contributed by atoms with E-state index in [1.54, 1.807) is 20.3 Å². The summed E-state index contributed by atoms with van der Waals surface area (Å²) in [4.78, 5) is 12.1. The Labute approximate surface area is 105 Å². The van der Waals surface area contributed by atoms with Crippen molar-refractivity contribution in [1.82, 2.24) is 5.32 Å². The molecule has 1 unspecified atom stereocenters. The predicted molar refractivity (Wildman–Crippen MR) is 67.9 cm³/mol. The quantitative estimate of drug-likeness (QED) is 0.820. The van der Waals surface area contributed by atoms with Gasteiger partial charge in [-0.05, 0) is 17.7 Å². The maximum absolute atomic E-state index is 11.8. The predicted octanol–water partition coefficient (Wildman–Crippen LogP) is 1.29. The molecule has 4 nitrogen and oxygen atoms in total. The fourth-order valence-electron chi connectivity index (χ4n) is 1.87. The first-order valence-electron chi connectivity index (χ1n) is 5.21. The highest BCUT2D eigenvalue weighted by Gasteiger charge is 2.30. The Morgan fingerprint density at radius 2 is 2.00 bits per heavy atom. The molecule has 1 N–H and O–H groups in total. The molecule has 1 aromatic carbocycles. The van der Waals surface area contributed by atoms with Gasteiger partial charge in [0.05, 0.1) is 20.1 Å². The van der Waals surface area contributed by atoms with E-state index in [0.29, 0.717) is 23.0 Å². The van der Waals surface area contributed by atoms with Crippen molar-refractivity contribution < 1.29 is 14.3 Å². The largest absolute Gasteiger partial charge is 0.493 e. The molecule has 0 spiro atoms. The second-order valence-corrected chi connectivity index (χ2v) is 4.15. The molecule has 1 aliphatic rings. The SMILES string of the molecule is COc1ccc(C2CNC(=S)C2=O)cc1OC. The van der Waals surface area contributed by atoms with Crippen molar-refractivity contribution in [3.05, 3.63) is 23.8 Å². The number of hydrogen-bond acceptors (Lipinski definition) is 4. The summed E-state index contributed by atoms with van der Waals surface area (Å²) in [5.41, 5.74) is 0.889. The Hall–Kier alpha value is -1.62. The first kappa shape index (κ1) is 11.9. The molecule has 17 heavy (non-hydrogen) atoms. The molecule has 1 saturated heterocycles. The van der Waals surface area contributed by atoms with Crippen LogP contribution in [0.4, 0.5) is 0 Å². The number of nitrogens with one attached hydrogen (secondary N) is 1. The Balaban J connectivity index is 2.34. The van der Waals surface area contributed by atoms with Gasteiger partial charge in [0, 0.05) is 6.54 Å². The first-order valence-corrected chi connectivity index (χ1v) is 5.62. The lowest BCUT2D eigenvalue weighted by molar-refractivity contribution is -0.113. The van der Waals surface area contributed by atoms with Gasteiger partial charge >= 0.3 is 0 Å². The minimum absolute atomic E-state index is 0.0350. The van der Waals surface area contributed by atoms with Crippen molar-refractivity contribution in [2.24, 2.45) is 0 Å². The molecule has 1 aliphatic heterocycles. The Kier molecular flexibility index (Phi) is 3.28. The van der Waals surface area contributed by atoms with Crippen LogP contribution in [0.5, 0.6) is 11.5 Å². The van der Waals surface area contributed by atoms with Crippen LogP contribution in [0.15, 0.2) is 18.2 Å². The average Bonchev–Trinajstić information content (AvgIpc) is 2.69. The van der Waals surface area contributed by atoms with Gasteiger partial charge < -0.3 is 14.8 Å². The molecular weight excluding hydrogens is 238 g/mol. The summed E-state index contributed by atoms with van der Waals surface area (Å²) in [5.74, 6) is 1.02. The molecule has 90 valence electrons. The van der Waals surface area contributed by atoms with Crippen LogP contribution in [-0.2, 0) is 4.79 Å². The smallest absolute Gasteiger partial charge is 0.198 e. The number of ether oxygens (including phenoxy) is 2. The molecule has 2 rings (SSSR count). The highest BCUT2D eigenvalue weighted by Crippen LogP contribution is 2.31. The number of carbonyl (C=O) groups excluding carboxylic acids is 1. The Morgan fingerprint density at radius 3 is 2.53 bits per heavy atom. The molecule has 0 radical (unpaired) electrons. The molecule has 0 aliphatic carbocycles. The van der Waals surface area contributed by atoms with E-state index in [1.165, 1.54) is 0 Å². The van der Waals surface area contributed by atoms with Gasteiger partial charge in [0.1, 0.15) is 4.99 Å². The van der Waals surface area contributed by atoms with Crippen molar-refractivity contribution in [2.45, 2.75) is 5.92 Å². The monoisotopic (exact) mass is 251 g/mol. The van der Waals surface area contributed by atoms with E-state index >= 15 is 0 Å². The third kappa shape index (κ3) is 2.10. The summed E-state index contributed by atoms with van der Waals surface area (Å²) in [7, 11) is 3.15. The standard InChI is InChI=1S/C12H13NO3S/c1-15-9-4-3-7(5-10(9)16-2)8-6-13-12(17)11(8)14/h3-5,8H,6H2,1-2H3,(H,13,17). The van der Waals surface area contributed by atoms with Gasteiger partial charge in [-0.3, -0.25) is 4.79 Å². The number of thiocarbonyl (C=S) groups is 1. The number of ketones is 1. The molecule has 0 saturated carbocycles. The number of Topliss-reactive ketones (excluding diaryl/α,β-unsaturated/α-hetero) is 1. The molecule has 1 heterocycles. The van der Waals surface area contributed by atoms with Crippen LogP contribution < -0.4 is 14.8 Å². The van der Waals surface area contributed by atoms with Gasteiger partial charge in [-0.15, -0.1) is 0 Å². The third-order valence-electron chi connectivity index (χ3n) is 2.82. The zero-order valence-corrected chi connectivity index (χ0v) is 10.5. The number of rotatable bonds is 3. The van der Waals surface area contributed by atoms with Crippen molar-refractivity contribution in [3.63, 3.8) is 0 Å². The molecule has 0 amide bonds. The van der Waals surface area contributed by atoms with E-state index in [0.717, 1.165) is 5.56 Å². The normalized spacial score (nSPS) is 19.1. The van der Waals surface area contributed by atoms with Crippen LogP contribution in [0.3, 0.4) is 0 Å². The molecule has 1 aromatic rings. The van der Waals surface area contributed by atoms with Gasteiger partial charge in [-0.25, -0.2) is 0 Å². The Morgan fingerprint density at radius 1 is 1.29 bits per heavy atom. The minimum atomic E-state index is -0.220. The summed E-state index contributed by atoms with van der Waals surface area (Å²) >= 11 is 4.91. The second kappa shape index (κ2) is 4.71. The second-order valence-electron chi connectivity index (χ2n) is 3.74. The van der Waals surface area contributed by atoms with E-state index in [2.05, 4.69) is 5.32 Å². The van der Waals surface area contributed by atoms with Crippen molar-refractivity contribution in [2.75, 3.05) is 20.8 Å². The van der Waals surface area contributed by atoms with Crippen molar-refractivity contribution in [1.29, 1.82) is 0 Å². The van der Waals surface area contributed by atoms with E-state index in [4.69, 9.17) is 21.7 Å².